The molecule has 1 aliphatic carbocycles. The average Bonchev–Trinajstić information content (AvgIpc) is 3.51. The fourth-order valence-corrected chi connectivity index (χ4v) is 5.21. The highest BCUT2D eigenvalue weighted by molar-refractivity contribution is 6.29. The van der Waals surface area contributed by atoms with E-state index in [0.29, 0.717) is 43.3 Å². The number of hydrogen-bond donors (Lipinski definition) is 1. The molecule has 0 bridgehead atoms. The number of anilines is 1. The van der Waals surface area contributed by atoms with Gasteiger partial charge in [0.1, 0.15) is 22.6 Å². The minimum Gasteiger partial charge on any atom is -0.499 e. The number of aromatic nitrogens is 5. The van der Waals surface area contributed by atoms with Crippen LogP contribution in [0.2, 0.25) is 5.15 Å². The topological polar surface area (TPSA) is 88.3 Å². The van der Waals surface area contributed by atoms with Crippen LogP contribution in [0.3, 0.4) is 0 Å². The van der Waals surface area contributed by atoms with Crippen LogP contribution in [0, 0.1) is 5.82 Å². The summed E-state index contributed by atoms with van der Waals surface area (Å²) in [5.74, 6) is 0.964. The summed E-state index contributed by atoms with van der Waals surface area (Å²) in [5.41, 5.74) is 1.80. The Labute approximate surface area is 219 Å². The Bertz CT molecular complexity index is 1300. The molecule has 3 aromatic rings. The van der Waals surface area contributed by atoms with Crippen LogP contribution in [0.15, 0.2) is 60.4 Å². The van der Waals surface area contributed by atoms with Crippen LogP contribution in [-0.2, 0) is 20.8 Å². The Morgan fingerprint density at radius 3 is 2.59 bits per heavy atom. The predicted molar refractivity (Wildman–Crippen MR) is 137 cm³/mol. The van der Waals surface area contributed by atoms with Crippen molar-refractivity contribution in [3.63, 3.8) is 0 Å². The third kappa shape index (κ3) is 5.27. The van der Waals surface area contributed by atoms with Gasteiger partial charge in [-0.05, 0) is 30.5 Å². The molecule has 2 unspecified atom stereocenters. The number of nitrogens with one attached hydrogen (secondary N) is 1. The van der Waals surface area contributed by atoms with Crippen LogP contribution in [0.25, 0.3) is 0 Å². The van der Waals surface area contributed by atoms with E-state index in [1.165, 1.54) is 12.1 Å². The molecule has 1 aliphatic heterocycles. The van der Waals surface area contributed by atoms with Crippen LogP contribution in [-0.4, -0.2) is 51.4 Å². The summed E-state index contributed by atoms with van der Waals surface area (Å²) in [6.45, 7) is 0.561. The minimum absolute atomic E-state index is 0.0372. The van der Waals surface area contributed by atoms with Crippen LogP contribution < -0.4 is 5.32 Å². The molecule has 11 heteroatoms. The van der Waals surface area contributed by atoms with Gasteiger partial charge in [-0.25, -0.2) is 14.1 Å². The Morgan fingerprint density at radius 1 is 1.14 bits per heavy atom. The van der Waals surface area contributed by atoms with Gasteiger partial charge in [-0.1, -0.05) is 29.8 Å². The molecule has 2 aromatic heterocycles. The van der Waals surface area contributed by atoms with E-state index in [2.05, 4.69) is 16.4 Å². The summed E-state index contributed by atoms with van der Waals surface area (Å²) in [4.78, 5) is 8.99. The molecule has 3 heterocycles. The van der Waals surface area contributed by atoms with Crippen molar-refractivity contribution >= 4 is 17.5 Å². The molecule has 1 N–H and O–H groups in total. The van der Waals surface area contributed by atoms with E-state index in [9.17, 15) is 4.39 Å². The van der Waals surface area contributed by atoms with Crippen molar-refractivity contribution in [2.24, 2.45) is 0 Å². The average molecular weight is 529 g/mol. The smallest absolute Gasteiger partial charge is 0.246 e. The molecule has 0 saturated carbocycles. The van der Waals surface area contributed by atoms with Crippen molar-refractivity contribution in [1.29, 1.82) is 0 Å². The third-order valence-corrected chi connectivity index (χ3v) is 7.35. The fraction of sp³-hybridized carbons (Fsp3) is 0.423. The van der Waals surface area contributed by atoms with Gasteiger partial charge in [0.15, 0.2) is 5.79 Å². The Balaban J connectivity index is 1.43. The normalized spacial score (nSPS) is 21.3. The lowest BCUT2D eigenvalue weighted by atomic mass is 9.89. The van der Waals surface area contributed by atoms with E-state index >= 15 is 0 Å². The second kappa shape index (κ2) is 10.6. The molecule has 0 saturated heterocycles. The second-order valence-electron chi connectivity index (χ2n) is 9.16. The second-order valence-corrected chi connectivity index (χ2v) is 9.55. The van der Waals surface area contributed by atoms with Gasteiger partial charge < -0.3 is 24.1 Å². The van der Waals surface area contributed by atoms with E-state index < -0.39 is 5.79 Å². The summed E-state index contributed by atoms with van der Waals surface area (Å²) in [5, 5.41) is 8.54. The summed E-state index contributed by atoms with van der Waals surface area (Å²) in [7, 11) is 4.97. The Hall–Kier alpha value is -3.21. The van der Waals surface area contributed by atoms with Gasteiger partial charge in [-0.2, -0.15) is 4.98 Å². The van der Waals surface area contributed by atoms with Crippen molar-refractivity contribution < 1.29 is 18.6 Å². The van der Waals surface area contributed by atoms with E-state index in [1.807, 2.05) is 15.3 Å². The molecule has 0 amide bonds. The van der Waals surface area contributed by atoms with Crippen molar-refractivity contribution in [2.75, 3.05) is 26.6 Å². The molecule has 5 rings (SSSR count). The lowest BCUT2D eigenvalue weighted by Crippen LogP contribution is -2.37. The number of nitrogens with zero attached hydrogens (tertiary/aromatic N) is 5. The Morgan fingerprint density at radius 2 is 1.92 bits per heavy atom. The van der Waals surface area contributed by atoms with Gasteiger partial charge >= 0.3 is 0 Å². The molecule has 2 atom stereocenters. The molecule has 0 radical (unpaired) electrons. The first kappa shape index (κ1) is 25.4. The summed E-state index contributed by atoms with van der Waals surface area (Å²) in [6, 6.07) is 6.51. The maximum absolute atomic E-state index is 13.7. The number of rotatable bonds is 7. The first-order chi connectivity index (χ1) is 17.9. The molecule has 0 spiro atoms. The van der Waals surface area contributed by atoms with Gasteiger partial charge in [-0.15, -0.1) is 5.10 Å². The first-order valence-electron chi connectivity index (χ1n) is 12.2. The number of allylic oxidation sites excluding steroid dienone is 3. The zero-order chi connectivity index (χ0) is 26.0. The Kier molecular flexibility index (Phi) is 7.32. The third-order valence-electron chi connectivity index (χ3n) is 7.16. The quantitative estimate of drug-likeness (QED) is 0.430. The molecule has 9 nitrogen and oxygen atoms in total. The van der Waals surface area contributed by atoms with Crippen LogP contribution in [0.1, 0.15) is 49.0 Å². The monoisotopic (exact) mass is 528 g/mol. The number of methoxy groups -OCH3 is 3. The molecular weight excluding hydrogens is 499 g/mol. The van der Waals surface area contributed by atoms with E-state index in [0.717, 1.165) is 22.8 Å². The van der Waals surface area contributed by atoms with Crippen molar-refractivity contribution in [2.45, 2.75) is 50.0 Å². The van der Waals surface area contributed by atoms with E-state index in [-0.39, 0.29) is 17.8 Å². The molecule has 1 aromatic carbocycles. The number of halogens is 2. The van der Waals surface area contributed by atoms with E-state index in [4.69, 9.17) is 35.9 Å². The maximum atomic E-state index is 13.7. The highest BCUT2D eigenvalue weighted by Crippen LogP contribution is 2.37. The van der Waals surface area contributed by atoms with Crippen molar-refractivity contribution in [1.82, 2.24) is 24.3 Å². The molecule has 0 fully saturated rings. The largest absolute Gasteiger partial charge is 0.499 e. The van der Waals surface area contributed by atoms with Gasteiger partial charge in [-0.3, -0.25) is 0 Å². The maximum Gasteiger partial charge on any atom is 0.246 e. The number of ether oxygens (including phenoxy) is 3. The minimum atomic E-state index is -0.719. The molecule has 2 aliphatic rings. The van der Waals surface area contributed by atoms with E-state index in [1.54, 1.807) is 46.0 Å². The standard InChI is InChI=1S/C26H30ClFN6O3/c1-35-22-14-19(8-9-21(22)33-15-23(27)29-16-33)30-25-31-24-20(17-4-6-18(28)7-5-17)10-11-26(36-2,37-3)12-13-34(24)32-25/h4-8,14-16,20-21H,9-13H2,1-3H3,(H,30,32). The summed E-state index contributed by atoms with van der Waals surface area (Å²) >= 11 is 6.01. The highest BCUT2D eigenvalue weighted by Gasteiger charge is 2.35. The zero-order valence-electron chi connectivity index (χ0n) is 21.0. The fourth-order valence-electron chi connectivity index (χ4n) is 5.05. The number of hydrogen-bond acceptors (Lipinski definition) is 7. The zero-order valence-corrected chi connectivity index (χ0v) is 21.8. The number of aryl methyl sites for hydroxylation is 1. The number of fused-ring (bicyclic) bond motifs is 1. The summed E-state index contributed by atoms with van der Waals surface area (Å²) < 4.78 is 34.7. The molecule has 196 valence electrons. The van der Waals surface area contributed by atoms with Crippen molar-refractivity contribution in [3.05, 3.63) is 82.8 Å². The van der Waals surface area contributed by atoms with Crippen LogP contribution in [0.5, 0.6) is 0 Å². The van der Waals surface area contributed by atoms with Gasteiger partial charge in [0.05, 0.1) is 19.5 Å². The number of imidazole rings is 1. The van der Waals surface area contributed by atoms with Crippen LogP contribution in [0.4, 0.5) is 10.3 Å². The molecular formula is C26H30ClFN6O3. The van der Waals surface area contributed by atoms with Gasteiger partial charge in [0.2, 0.25) is 5.95 Å². The molecule has 37 heavy (non-hydrogen) atoms. The first-order valence-corrected chi connectivity index (χ1v) is 12.5. The van der Waals surface area contributed by atoms with Crippen LogP contribution >= 0.6 is 11.6 Å². The predicted octanol–water partition coefficient (Wildman–Crippen LogP) is 5.04. The highest BCUT2D eigenvalue weighted by atomic mass is 35.5. The number of benzene rings is 1. The SMILES string of the molecule is COC1=CC(Nc2nc3n(n2)CCC(OC)(OC)CCC3c2ccc(F)cc2)=CCC1n1cnc(Cl)c1. The van der Waals surface area contributed by atoms with Gasteiger partial charge in [0, 0.05) is 57.5 Å². The summed E-state index contributed by atoms with van der Waals surface area (Å²) in [6.07, 6.45) is 10.1. The van der Waals surface area contributed by atoms with Crippen molar-refractivity contribution in [3.8, 4) is 0 Å². The lowest BCUT2D eigenvalue weighted by molar-refractivity contribution is -0.218. The van der Waals surface area contributed by atoms with Gasteiger partial charge in [0.25, 0.3) is 0 Å². The lowest BCUT2D eigenvalue weighted by Gasteiger charge is -2.34.